The van der Waals surface area contributed by atoms with E-state index in [1.165, 1.54) is 19.3 Å². The molecule has 0 aromatic carbocycles. The summed E-state index contributed by atoms with van der Waals surface area (Å²) in [6.07, 6.45) is 5.93. The molecule has 108 valence electrons. The minimum Gasteiger partial charge on any atom is -0.481 e. The molecule has 2 amide bonds. The van der Waals surface area contributed by atoms with Crippen LogP contribution in [0.4, 0.5) is 4.79 Å². The van der Waals surface area contributed by atoms with Crippen LogP contribution in [0.25, 0.3) is 0 Å². The molecule has 0 spiro atoms. The predicted molar refractivity (Wildman–Crippen MR) is 71.8 cm³/mol. The lowest BCUT2D eigenvalue weighted by atomic mass is 10.0. The van der Waals surface area contributed by atoms with E-state index in [1.807, 2.05) is 0 Å². The number of carboxylic acids is 1. The quantitative estimate of drug-likeness (QED) is 0.729. The first-order valence-electron chi connectivity index (χ1n) is 7.33. The van der Waals surface area contributed by atoms with Crippen LogP contribution in [0.3, 0.4) is 0 Å². The van der Waals surface area contributed by atoms with E-state index in [-0.39, 0.29) is 12.1 Å². The maximum absolute atomic E-state index is 11.8. The van der Waals surface area contributed by atoms with Gasteiger partial charge in [0.05, 0.1) is 5.92 Å². The molecule has 2 rings (SSSR count). The molecule has 0 heterocycles. The topological polar surface area (TPSA) is 78.4 Å². The molecule has 5 heteroatoms. The van der Waals surface area contributed by atoms with Crippen LogP contribution in [0.1, 0.15) is 45.4 Å². The highest BCUT2D eigenvalue weighted by atomic mass is 16.4. The first-order valence-corrected chi connectivity index (χ1v) is 7.33. The summed E-state index contributed by atoms with van der Waals surface area (Å²) in [4.78, 5) is 22.8. The Hall–Kier alpha value is -1.26. The molecule has 0 aromatic rings. The highest BCUT2D eigenvalue weighted by Gasteiger charge is 2.34. The van der Waals surface area contributed by atoms with Gasteiger partial charge in [-0.25, -0.2) is 4.79 Å². The van der Waals surface area contributed by atoms with Crippen molar-refractivity contribution in [3.05, 3.63) is 0 Å². The Labute approximate surface area is 114 Å². The summed E-state index contributed by atoms with van der Waals surface area (Å²) in [5.74, 6) is 0.130. The number of aliphatic carboxylic acids is 1. The molecule has 2 aliphatic rings. The van der Waals surface area contributed by atoms with E-state index < -0.39 is 11.9 Å². The number of hydrogen-bond donors (Lipinski definition) is 3. The fourth-order valence-electron chi connectivity index (χ4n) is 3.40. The van der Waals surface area contributed by atoms with E-state index in [0.29, 0.717) is 18.9 Å². The minimum absolute atomic E-state index is 0.208. The molecule has 19 heavy (non-hydrogen) atoms. The molecule has 0 bridgehead atoms. The second kappa shape index (κ2) is 6.26. The van der Waals surface area contributed by atoms with Crippen LogP contribution in [-0.4, -0.2) is 29.7 Å². The van der Waals surface area contributed by atoms with Crippen LogP contribution in [0.5, 0.6) is 0 Å². The third-order valence-corrected chi connectivity index (χ3v) is 4.50. The van der Waals surface area contributed by atoms with E-state index in [1.54, 1.807) is 0 Å². The summed E-state index contributed by atoms with van der Waals surface area (Å²) in [6.45, 7) is 2.96. The zero-order valence-corrected chi connectivity index (χ0v) is 11.5. The van der Waals surface area contributed by atoms with Gasteiger partial charge < -0.3 is 15.7 Å². The van der Waals surface area contributed by atoms with Gasteiger partial charge in [0.2, 0.25) is 0 Å². The van der Waals surface area contributed by atoms with Crippen molar-refractivity contribution in [3.63, 3.8) is 0 Å². The molecule has 2 fully saturated rings. The summed E-state index contributed by atoms with van der Waals surface area (Å²) >= 11 is 0. The Morgan fingerprint density at radius 2 is 2.00 bits per heavy atom. The number of rotatable bonds is 4. The molecule has 4 atom stereocenters. The van der Waals surface area contributed by atoms with Crippen LogP contribution in [0.15, 0.2) is 0 Å². The monoisotopic (exact) mass is 268 g/mol. The highest BCUT2D eigenvalue weighted by Crippen LogP contribution is 2.29. The lowest BCUT2D eigenvalue weighted by molar-refractivity contribution is -0.142. The van der Waals surface area contributed by atoms with E-state index >= 15 is 0 Å². The van der Waals surface area contributed by atoms with Gasteiger partial charge in [-0.15, -0.1) is 0 Å². The average Bonchev–Trinajstić information content (AvgIpc) is 2.95. The number of carboxylic acid groups (broad SMARTS) is 1. The van der Waals surface area contributed by atoms with E-state index in [0.717, 1.165) is 18.8 Å². The van der Waals surface area contributed by atoms with Crippen molar-refractivity contribution < 1.29 is 14.7 Å². The summed E-state index contributed by atoms with van der Waals surface area (Å²) < 4.78 is 0. The van der Waals surface area contributed by atoms with E-state index in [9.17, 15) is 9.59 Å². The van der Waals surface area contributed by atoms with Gasteiger partial charge in [-0.1, -0.05) is 19.8 Å². The fraction of sp³-hybridized carbons (Fsp3) is 0.857. The van der Waals surface area contributed by atoms with Crippen molar-refractivity contribution in [1.82, 2.24) is 10.6 Å². The molecule has 0 aliphatic heterocycles. The SMILES string of the molecule is CC1CCC(CNC(=O)NC2CCCC2C(=O)O)C1. The van der Waals surface area contributed by atoms with Gasteiger partial charge in [0.1, 0.15) is 0 Å². The van der Waals surface area contributed by atoms with E-state index in [4.69, 9.17) is 5.11 Å². The Morgan fingerprint density at radius 1 is 1.21 bits per heavy atom. The number of urea groups is 1. The minimum atomic E-state index is -0.799. The Bertz CT molecular complexity index is 346. The van der Waals surface area contributed by atoms with Crippen molar-refractivity contribution in [3.8, 4) is 0 Å². The first kappa shape index (κ1) is 14.2. The molecule has 2 aliphatic carbocycles. The Morgan fingerprint density at radius 3 is 2.63 bits per heavy atom. The molecular weight excluding hydrogens is 244 g/mol. The molecule has 0 aromatic heterocycles. The maximum Gasteiger partial charge on any atom is 0.315 e. The second-order valence-electron chi connectivity index (χ2n) is 6.12. The predicted octanol–water partition coefficient (Wildman–Crippen LogP) is 1.98. The standard InChI is InChI=1S/C14H24N2O3/c1-9-5-6-10(7-9)8-15-14(19)16-12-4-2-3-11(12)13(17)18/h9-12H,2-8H2,1H3,(H,17,18)(H2,15,16,19). The second-order valence-corrected chi connectivity index (χ2v) is 6.12. The lowest BCUT2D eigenvalue weighted by Gasteiger charge is -2.19. The van der Waals surface area contributed by atoms with Gasteiger partial charge in [-0.2, -0.15) is 0 Å². The van der Waals surface area contributed by atoms with Gasteiger partial charge >= 0.3 is 12.0 Å². The van der Waals surface area contributed by atoms with Crippen LogP contribution >= 0.6 is 0 Å². The maximum atomic E-state index is 11.8. The van der Waals surface area contributed by atoms with Crippen LogP contribution in [-0.2, 0) is 4.79 Å². The fourth-order valence-corrected chi connectivity index (χ4v) is 3.40. The summed E-state index contributed by atoms with van der Waals surface area (Å²) in [7, 11) is 0. The Kier molecular flexibility index (Phi) is 4.66. The van der Waals surface area contributed by atoms with Gasteiger partial charge in [0.15, 0.2) is 0 Å². The number of amides is 2. The lowest BCUT2D eigenvalue weighted by Crippen LogP contribution is -2.46. The van der Waals surface area contributed by atoms with Crippen molar-refractivity contribution in [1.29, 1.82) is 0 Å². The molecule has 3 N–H and O–H groups in total. The number of carbonyl (C=O) groups is 2. The molecular formula is C14H24N2O3. The zero-order valence-electron chi connectivity index (χ0n) is 11.5. The number of nitrogens with one attached hydrogen (secondary N) is 2. The molecule has 4 unspecified atom stereocenters. The van der Waals surface area contributed by atoms with E-state index in [2.05, 4.69) is 17.6 Å². The summed E-state index contributed by atoms with van der Waals surface area (Å²) in [6, 6.07) is -0.419. The normalized spacial score (nSPS) is 34.2. The smallest absolute Gasteiger partial charge is 0.315 e. The molecule has 5 nitrogen and oxygen atoms in total. The van der Waals surface area contributed by atoms with Crippen LogP contribution in [0.2, 0.25) is 0 Å². The number of hydrogen-bond acceptors (Lipinski definition) is 2. The molecule has 0 radical (unpaired) electrons. The first-order chi connectivity index (χ1) is 9.06. The van der Waals surface area contributed by atoms with Crippen molar-refractivity contribution in [2.24, 2.45) is 17.8 Å². The van der Waals surface area contributed by atoms with Gasteiger partial charge in [-0.3, -0.25) is 4.79 Å². The largest absolute Gasteiger partial charge is 0.481 e. The number of carbonyl (C=O) groups excluding carboxylic acids is 1. The summed E-state index contributed by atoms with van der Waals surface area (Å²) in [5.41, 5.74) is 0. The Balaban J connectivity index is 1.70. The van der Waals surface area contributed by atoms with Crippen molar-refractivity contribution >= 4 is 12.0 Å². The third-order valence-electron chi connectivity index (χ3n) is 4.50. The third kappa shape index (κ3) is 3.85. The van der Waals surface area contributed by atoms with Gasteiger partial charge in [-0.05, 0) is 37.5 Å². The molecule has 0 saturated heterocycles. The van der Waals surface area contributed by atoms with Gasteiger partial charge in [0, 0.05) is 12.6 Å². The average molecular weight is 268 g/mol. The van der Waals surface area contributed by atoms with Crippen LogP contribution in [0, 0.1) is 17.8 Å². The molecule has 2 saturated carbocycles. The summed E-state index contributed by atoms with van der Waals surface area (Å²) in [5, 5.41) is 14.8. The van der Waals surface area contributed by atoms with Gasteiger partial charge in [0.25, 0.3) is 0 Å². The van der Waals surface area contributed by atoms with Crippen molar-refractivity contribution in [2.75, 3.05) is 6.54 Å². The highest BCUT2D eigenvalue weighted by molar-refractivity contribution is 5.77. The zero-order chi connectivity index (χ0) is 13.8. The van der Waals surface area contributed by atoms with Crippen molar-refractivity contribution in [2.45, 2.75) is 51.5 Å². The van der Waals surface area contributed by atoms with Crippen LogP contribution < -0.4 is 10.6 Å².